The maximum absolute atomic E-state index is 12.6. The highest BCUT2D eigenvalue weighted by atomic mass is 32.2. The Kier molecular flexibility index (Phi) is 5.06. The Labute approximate surface area is 141 Å². The van der Waals surface area contributed by atoms with Crippen molar-refractivity contribution in [1.82, 2.24) is 10.0 Å². The third-order valence-electron chi connectivity index (χ3n) is 4.05. The highest BCUT2D eigenvalue weighted by Crippen LogP contribution is 2.25. The Bertz CT molecular complexity index is 791. The van der Waals surface area contributed by atoms with E-state index in [1.54, 1.807) is 12.1 Å². The SMILES string of the molecule is CSc1ccccc1S(=O)(=O)NCC1NCCc2ccccc21. The molecule has 6 heteroatoms. The average molecular weight is 348 g/mol. The van der Waals surface area contributed by atoms with Crippen LogP contribution in [0.1, 0.15) is 17.2 Å². The lowest BCUT2D eigenvalue weighted by Gasteiger charge is -2.27. The first-order valence-corrected chi connectivity index (χ1v) is 10.3. The summed E-state index contributed by atoms with van der Waals surface area (Å²) >= 11 is 1.44. The van der Waals surface area contributed by atoms with E-state index < -0.39 is 10.0 Å². The highest BCUT2D eigenvalue weighted by molar-refractivity contribution is 7.99. The number of benzene rings is 2. The van der Waals surface area contributed by atoms with Gasteiger partial charge in [0.1, 0.15) is 0 Å². The van der Waals surface area contributed by atoms with Gasteiger partial charge in [0, 0.05) is 17.5 Å². The molecule has 3 rings (SSSR count). The molecule has 1 atom stereocenters. The van der Waals surface area contributed by atoms with Gasteiger partial charge in [-0.05, 0) is 42.5 Å². The maximum Gasteiger partial charge on any atom is 0.241 e. The Morgan fingerprint density at radius 3 is 2.74 bits per heavy atom. The van der Waals surface area contributed by atoms with E-state index >= 15 is 0 Å². The van der Waals surface area contributed by atoms with E-state index in [1.807, 2.05) is 30.5 Å². The Balaban J connectivity index is 1.78. The molecular weight excluding hydrogens is 328 g/mol. The van der Waals surface area contributed by atoms with Gasteiger partial charge in [0.05, 0.1) is 4.90 Å². The largest absolute Gasteiger partial charge is 0.308 e. The Morgan fingerprint density at radius 2 is 1.91 bits per heavy atom. The van der Waals surface area contributed by atoms with Crippen LogP contribution in [0.3, 0.4) is 0 Å². The second-order valence-corrected chi connectivity index (χ2v) is 8.04. The van der Waals surface area contributed by atoms with E-state index in [9.17, 15) is 8.42 Å². The third-order valence-corrected chi connectivity index (χ3v) is 6.46. The van der Waals surface area contributed by atoms with E-state index in [2.05, 4.69) is 22.2 Å². The van der Waals surface area contributed by atoms with Crippen molar-refractivity contribution >= 4 is 21.8 Å². The van der Waals surface area contributed by atoms with Crippen molar-refractivity contribution in [2.45, 2.75) is 22.3 Å². The van der Waals surface area contributed by atoms with Gasteiger partial charge in [-0.25, -0.2) is 13.1 Å². The molecule has 0 spiro atoms. The molecule has 1 heterocycles. The molecule has 23 heavy (non-hydrogen) atoms. The summed E-state index contributed by atoms with van der Waals surface area (Å²) < 4.78 is 28.0. The number of hydrogen-bond acceptors (Lipinski definition) is 4. The average Bonchev–Trinajstić information content (AvgIpc) is 2.60. The number of thioether (sulfide) groups is 1. The summed E-state index contributed by atoms with van der Waals surface area (Å²) in [7, 11) is -3.52. The maximum atomic E-state index is 12.6. The van der Waals surface area contributed by atoms with Crippen molar-refractivity contribution in [1.29, 1.82) is 0 Å². The summed E-state index contributed by atoms with van der Waals surface area (Å²) in [5.74, 6) is 0. The van der Waals surface area contributed by atoms with Gasteiger partial charge in [-0.15, -0.1) is 11.8 Å². The van der Waals surface area contributed by atoms with Crippen molar-refractivity contribution in [2.24, 2.45) is 0 Å². The van der Waals surface area contributed by atoms with Crippen LogP contribution in [0.2, 0.25) is 0 Å². The van der Waals surface area contributed by atoms with Gasteiger partial charge in [-0.3, -0.25) is 0 Å². The van der Waals surface area contributed by atoms with Gasteiger partial charge in [-0.1, -0.05) is 36.4 Å². The van der Waals surface area contributed by atoms with E-state index in [4.69, 9.17) is 0 Å². The number of nitrogens with one attached hydrogen (secondary N) is 2. The van der Waals surface area contributed by atoms with Gasteiger partial charge in [0.15, 0.2) is 0 Å². The summed E-state index contributed by atoms with van der Waals surface area (Å²) in [6.07, 6.45) is 2.86. The van der Waals surface area contributed by atoms with E-state index in [1.165, 1.54) is 22.9 Å². The minimum atomic E-state index is -3.52. The molecule has 0 fully saturated rings. The van der Waals surface area contributed by atoms with Crippen LogP contribution in [0.5, 0.6) is 0 Å². The van der Waals surface area contributed by atoms with Crippen LogP contribution in [0.4, 0.5) is 0 Å². The van der Waals surface area contributed by atoms with Crippen LogP contribution < -0.4 is 10.0 Å². The van der Waals surface area contributed by atoms with Crippen molar-refractivity contribution in [2.75, 3.05) is 19.3 Å². The predicted octanol–water partition coefficient (Wildman–Crippen LogP) is 2.57. The molecule has 0 saturated heterocycles. The summed E-state index contributed by atoms with van der Waals surface area (Å²) in [5, 5.41) is 3.40. The van der Waals surface area contributed by atoms with Crippen LogP contribution in [0.25, 0.3) is 0 Å². The number of sulfonamides is 1. The van der Waals surface area contributed by atoms with Crippen LogP contribution >= 0.6 is 11.8 Å². The first-order valence-electron chi connectivity index (χ1n) is 7.55. The normalized spacial score (nSPS) is 17.7. The molecule has 122 valence electrons. The molecule has 2 N–H and O–H groups in total. The molecule has 4 nitrogen and oxygen atoms in total. The first kappa shape index (κ1) is 16.5. The van der Waals surface area contributed by atoms with Crippen LogP contribution in [-0.4, -0.2) is 27.8 Å². The minimum Gasteiger partial charge on any atom is -0.308 e. The van der Waals surface area contributed by atoms with Crippen LogP contribution in [0, 0.1) is 0 Å². The fourth-order valence-electron chi connectivity index (χ4n) is 2.89. The first-order chi connectivity index (χ1) is 11.1. The fraction of sp³-hybridized carbons (Fsp3) is 0.294. The zero-order valence-electron chi connectivity index (χ0n) is 13.0. The minimum absolute atomic E-state index is 0.0103. The van der Waals surface area contributed by atoms with Crippen LogP contribution in [-0.2, 0) is 16.4 Å². The lowest BCUT2D eigenvalue weighted by atomic mass is 9.95. The molecule has 0 aromatic heterocycles. The summed E-state index contributed by atoms with van der Waals surface area (Å²) in [4.78, 5) is 1.11. The molecule has 2 aromatic carbocycles. The molecule has 1 aliphatic heterocycles. The molecular formula is C17H20N2O2S2. The molecule has 2 aromatic rings. The molecule has 0 aliphatic carbocycles. The van der Waals surface area contributed by atoms with Gasteiger partial charge < -0.3 is 5.32 Å². The lowest BCUT2D eigenvalue weighted by molar-refractivity contribution is 0.491. The molecule has 0 saturated carbocycles. The zero-order chi connectivity index (χ0) is 16.3. The summed E-state index contributed by atoms with van der Waals surface area (Å²) in [6, 6.07) is 15.3. The molecule has 1 aliphatic rings. The van der Waals surface area contributed by atoms with Gasteiger partial charge in [0.2, 0.25) is 10.0 Å². The van der Waals surface area contributed by atoms with Crippen molar-refractivity contribution in [3.8, 4) is 0 Å². The highest BCUT2D eigenvalue weighted by Gasteiger charge is 2.23. The fourth-order valence-corrected chi connectivity index (χ4v) is 5.08. The van der Waals surface area contributed by atoms with Gasteiger partial charge >= 0.3 is 0 Å². The smallest absolute Gasteiger partial charge is 0.241 e. The van der Waals surface area contributed by atoms with E-state index in [0.29, 0.717) is 11.4 Å². The second-order valence-electron chi connectivity index (χ2n) is 5.46. The molecule has 1 unspecified atom stereocenters. The second kappa shape index (κ2) is 7.05. The molecule has 0 radical (unpaired) electrons. The Morgan fingerprint density at radius 1 is 1.17 bits per heavy atom. The Hall–Kier alpha value is -1.34. The standard InChI is InChI=1S/C17H20N2O2S2/c1-22-16-8-4-5-9-17(16)23(20,21)19-12-15-14-7-3-2-6-13(14)10-11-18-15/h2-9,15,18-19H,10-12H2,1H3. The van der Waals surface area contributed by atoms with Crippen molar-refractivity contribution in [3.63, 3.8) is 0 Å². The molecule has 0 amide bonds. The van der Waals surface area contributed by atoms with Crippen LogP contribution in [0.15, 0.2) is 58.3 Å². The lowest BCUT2D eigenvalue weighted by Crippen LogP contribution is -2.38. The predicted molar refractivity (Wildman–Crippen MR) is 94.3 cm³/mol. The van der Waals surface area contributed by atoms with E-state index in [-0.39, 0.29) is 6.04 Å². The monoisotopic (exact) mass is 348 g/mol. The number of rotatable bonds is 5. The quantitative estimate of drug-likeness (QED) is 0.816. The van der Waals surface area contributed by atoms with Gasteiger partial charge in [0.25, 0.3) is 0 Å². The van der Waals surface area contributed by atoms with Crippen molar-refractivity contribution in [3.05, 3.63) is 59.7 Å². The summed E-state index contributed by atoms with van der Waals surface area (Å²) in [5.41, 5.74) is 2.47. The molecule has 0 bridgehead atoms. The topological polar surface area (TPSA) is 58.2 Å². The number of hydrogen-bond donors (Lipinski definition) is 2. The summed E-state index contributed by atoms with van der Waals surface area (Å²) in [6.45, 7) is 1.22. The third kappa shape index (κ3) is 3.61. The zero-order valence-corrected chi connectivity index (χ0v) is 14.6. The van der Waals surface area contributed by atoms with E-state index in [0.717, 1.165) is 17.9 Å². The van der Waals surface area contributed by atoms with Crippen molar-refractivity contribution < 1.29 is 8.42 Å². The number of fused-ring (bicyclic) bond motifs is 1. The van der Waals surface area contributed by atoms with Gasteiger partial charge in [-0.2, -0.15) is 0 Å².